The number of ether oxygens (including phenoxy) is 1. The van der Waals surface area contributed by atoms with Crippen LogP contribution in [0.25, 0.3) is 11.0 Å². The third-order valence-electron chi connectivity index (χ3n) is 5.88. The van der Waals surface area contributed by atoms with E-state index in [0.717, 1.165) is 11.3 Å². The molecule has 1 aliphatic heterocycles. The number of rotatable bonds is 6. The van der Waals surface area contributed by atoms with Gasteiger partial charge in [-0.2, -0.15) is 4.31 Å². The highest BCUT2D eigenvalue weighted by Gasteiger charge is 2.29. The van der Waals surface area contributed by atoms with Crippen molar-refractivity contribution in [1.82, 2.24) is 23.6 Å². The molecule has 0 N–H and O–H groups in total. The highest BCUT2D eigenvalue weighted by Crippen LogP contribution is 2.21. The minimum atomic E-state index is -3.57. The van der Waals surface area contributed by atoms with Gasteiger partial charge in [-0.25, -0.2) is 18.1 Å². The molecular weight excluding hydrogens is 430 g/mol. The van der Waals surface area contributed by atoms with Crippen LogP contribution in [0.3, 0.4) is 0 Å². The van der Waals surface area contributed by atoms with Crippen molar-refractivity contribution in [1.29, 1.82) is 0 Å². The van der Waals surface area contributed by atoms with E-state index in [1.807, 2.05) is 33.9 Å². The van der Waals surface area contributed by atoms with Gasteiger partial charge >= 0.3 is 0 Å². The zero-order valence-corrected chi connectivity index (χ0v) is 19.7. The predicted octanol–water partition coefficient (Wildman–Crippen LogP) is 1.71. The number of pyridine rings is 1. The lowest BCUT2D eigenvalue weighted by atomic mass is 10.2. The molecule has 0 spiro atoms. The van der Waals surface area contributed by atoms with Crippen molar-refractivity contribution in [3.05, 3.63) is 51.9 Å². The van der Waals surface area contributed by atoms with Gasteiger partial charge in [0.25, 0.3) is 5.56 Å². The van der Waals surface area contributed by atoms with Crippen molar-refractivity contribution in [2.45, 2.75) is 32.3 Å². The van der Waals surface area contributed by atoms with Crippen LogP contribution in [-0.4, -0.2) is 64.8 Å². The Morgan fingerprint density at radius 1 is 1.06 bits per heavy atom. The maximum Gasteiger partial charge on any atom is 0.277 e. The Balaban J connectivity index is 1.47. The normalized spacial score (nSPS) is 16.0. The molecule has 0 atom stereocenters. The summed E-state index contributed by atoms with van der Waals surface area (Å²) in [6, 6.07) is 8.44. The second-order valence-corrected chi connectivity index (χ2v) is 10.0. The standard InChI is InChI=1S/C22H29N5O4S/c1-5-31-18-6-8-19(9-7-18)32(29,30)26-12-10-25(11-13-26)15-27-22(28)20-16(2)14-17(3)23-21(20)24(27)4/h6-9,14H,5,10-13,15H2,1-4H3. The van der Waals surface area contributed by atoms with Crippen LogP contribution in [0.15, 0.2) is 40.0 Å². The molecule has 9 nitrogen and oxygen atoms in total. The lowest BCUT2D eigenvalue weighted by molar-refractivity contribution is 0.138. The van der Waals surface area contributed by atoms with Gasteiger partial charge in [-0.05, 0) is 56.7 Å². The van der Waals surface area contributed by atoms with Crippen LogP contribution >= 0.6 is 0 Å². The van der Waals surface area contributed by atoms with Crippen LogP contribution in [0, 0.1) is 13.8 Å². The van der Waals surface area contributed by atoms with Gasteiger partial charge in [0, 0.05) is 38.9 Å². The van der Waals surface area contributed by atoms with E-state index in [9.17, 15) is 13.2 Å². The molecule has 1 aromatic carbocycles. The number of benzene rings is 1. The van der Waals surface area contributed by atoms with Gasteiger partial charge < -0.3 is 4.74 Å². The molecule has 1 saturated heterocycles. The van der Waals surface area contributed by atoms with Gasteiger partial charge in [0.15, 0.2) is 5.65 Å². The van der Waals surface area contributed by atoms with Gasteiger partial charge in [0.05, 0.1) is 23.6 Å². The summed E-state index contributed by atoms with van der Waals surface area (Å²) in [5.74, 6) is 0.650. The molecule has 0 saturated carbocycles. The summed E-state index contributed by atoms with van der Waals surface area (Å²) in [5.41, 5.74) is 2.38. The van der Waals surface area contributed by atoms with E-state index >= 15 is 0 Å². The van der Waals surface area contributed by atoms with E-state index in [4.69, 9.17) is 4.74 Å². The molecule has 4 rings (SSSR count). The fraction of sp³-hybridized carbons (Fsp3) is 0.455. The van der Waals surface area contributed by atoms with Crippen molar-refractivity contribution < 1.29 is 13.2 Å². The van der Waals surface area contributed by atoms with E-state index in [-0.39, 0.29) is 10.5 Å². The molecule has 0 bridgehead atoms. The molecule has 10 heteroatoms. The Labute approximate surface area is 187 Å². The molecular formula is C22H29N5O4S. The van der Waals surface area contributed by atoms with Crippen LogP contribution in [0.5, 0.6) is 5.75 Å². The first-order chi connectivity index (χ1) is 15.2. The Morgan fingerprint density at radius 2 is 1.72 bits per heavy atom. The number of hydrogen-bond acceptors (Lipinski definition) is 6. The van der Waals surface area contributed by atoms with Gasteiger partial charge in [-0.3, -0.25) is 14.4 Å². The lowest BCUT2D eigenvalue weighted by Gasteiger charge is -2.34. The molecule has 2 aromatic heterocycles. The summed E-state index contributed by atoms with van der Waals surface area (Å²) in [5, 5.41) is 0.634. The van der Waals surface area contributed by atoms with E-state index < -0.39 is 10.0 Å². The molecule has 0 radical (unpaired) electrons. The maximum atomic E-state index is 13.0. The number of nitrogens with zero attached hydrogens (tertiary/aromatic N) is 5. The van der Waals surface area contributed by atoms with Crippen LogP contribution in [-0.2, 0) is 23.7 Å². The molecule has 1 fully saturated rings. The smallest absolute Gasteiger partial charge is 0.277 e. The summed E-state index contributed by atoms with van der Waals surface area (Å²) in [6.45, 7) is 8.45. The molecule has 1 aliphatic rings. The van der Waals surface area contributed by atoms with Crippen molar-refractivity contribution in [2.75, 3.05) is 32.8 Å². The fourth-order valence-electron chi connectivity index (χ4n) is 4.18. The highest BCUT2D eigenvalue weighted by molar-refractivity contribution is 7.89. The Hall–Kier alpha value is -2.69. The number of sulfonamides is 1. The number of aromatic nitrogens is 3. The Bertz CT molecular complexity index is 1290. The van der Waals surface area contributed by atoms with E-state index in [1.54, 1.807) is 33.6 Å². The summed E-state index contributed by atoms with van der Waals surface area (Å²) in [6.07, 6.45) is 0. The van der Waals surface area contributed by atoms with Crippen LogP contribution in [0.1, 0.15) is 18.2 Å². The minimum absolute atomic E-state index is 0.0723. The van der Waals surface area contributed by atoms with E-state index in [2.05, 4.69) is 9.88 Å². The van der Waals surface area contributed by atoms with Crippen molar-refractivity contribution >= 4 is 21.1 Å². The second-order valence-electron chi connectivity index (χ2n) is 8.08. The zero-order valence-electron chi connectivity index (χ0n) is 18.9. The number of piperazine rings is 1. The van der Waals surface area contributed by atoms with Crippen molar-refractivity contribution in [3.63, 3.8) is 0 Å². The average molecular weight is 460 g/mol. The van der Waals surface area contributed by atoms with Gasteiger partial charge in [0.1, 0.15) is 5.75 Å². The summed E-state index contributed by atoms with van der Waals surface area (Å²) in [4.78, 5) is 19.9. The summed E-state index contributed by atoms with van der Waals surface area (Å²) < 4.78 is 36.4. The first kappa shape index (κ1) is 22.5. The van der Waals surface area contributed by atoms with Gasteiger partial charge in [-0.1, -0.05) is 0 Å². The van der Waals surface area contributed by atoms with Crippen LogP contribution in [0.2, 0.25) is 0 Å². The Kier molecular flexibility index (Phi) is 6.11. The molecule has 0 aliphatic carbocycles. The summed E-state index contributed by atoms with van der Waals surface area (Å²) >= 11 is 0. The second kappa shape index (κ2) is 8.68. The molecule has 0 unspecified atom stereocenters. The SMILES string of the molecule is CCOc1ccc(S(=O)(=O)N2CCN(Cn3c(=O)c4c(C)cc(C)nc4n3C)CC2)cc1. The fourth-order valence-corrected chi connectivity index (χ4v) is 5.60. The molecule has 3 heterocycles. The molecule has 0 amide bonds. The third kappa shape index (κ3) is 4.05. The monoisotopic (exact) mass is 459 g/mol. The first-order valence-electron chi connectivity index (χ1n) is 10.7. The predicted molar refractivity (Wildman–Crippen MR) is 122 cm³/mol. The average Bonchev–Trinajstić information content (AvgIpc) is 2.99. The van der Waals surface area contributed by atoms with Crippen molar-refractivity contribution in [3.8, 4) is 5.75 Å². The zero-order chi connectivity index (χ0) is 23.0. The Morgan fingerprint density at radius 3 is 2.34 bits per heavy atom. The maximum absolute atomic E-state index is 13.0. The summed E-state index contributed by atoms with van der Waals surface area (Å²) in [7, 11) is -1.73. The van der Waals surface area contributed by atoms with Gasteiger partial charge in [0.2, 0.25) is 10.0 Å². The number of hydrogen-bond donors (Lipinski definition) is 0. The first-order valence-corrected chi connectivity index (χ1v) is 12.2. The number of fused-ring (bicyclic) bond motifs is 1. The lowest BCUT2D eigenvalue weighted by Crippen LogP contribution is -2.49. The van der Waals surface area contributed by atoms with E-state index in [0.29, 0.717) is 56.2 Å². The largest absolute Gasteiger partial charge is 0.494 e. The third-order valence-corrected chi connectivity index (χ3v) is 7.79. The van der Waals surface area contributed by atoms with Gasteiger partial charge in [-0.15, -0.1) is 0 Å². The van der Waals surface area contributed by atoms with Crippen LogP contribution in [0.4, 0.5) is 0 Å². The number of aryl methyl sites for hydroxylation is 3. The highest BCUT2D eigenvalue weighted by atomic mass is 32.2. The van der Waals surface area contributed by atoms with Crippen LogP contribution < -0.4 is 10.3 Å². The van der Waals surface area contributed by atoms with E-state index in [1.165, 1.54) is 4.31 Å². The van der Waals surface area contributed by atoms with Crippen molar-refractivity contribution in [2.24, 2.45) is 7.05 Å². The topological polar surface area (TPSA) is 89.7 Å². The quantitative estimate of drug-likeness (QED) is 0.558. The molecule has 172 valence electrons. The molecule has 32 heavy (non-hydrogen) atoms. The molecule has 3 aromatic rings. The minimum Gasteiger partial charge on any atom is -0.494 e.